The van der Waals surface area contributed by atoms with E-state index in [-0.39, 0.29) is 11.5 Å². The van der Waals surface area contributed by atoms with E-state index in [0.717, 1.165) is 0 Å². The first-order chi connectivity index (χ1) is 12.7. The SMILES string of the molecule is CCOC(=O)CCCSc1nc2ccccc2c(=O)n1Cc1ccco1. The van der Waals surface area contributed by atoms with Crippen LogP contribution < -0.4 is 5.56 Å². The van der Waals surface area contributed by atoms with Crippen LogP contribution in [0.2, 0.25) is 0 Å². The van der Waals surface area contributed by atoms with E-state index in [4.69, 9.17) is 9.15 Å². The van der Waals surface area contributed by atoms with Crippen LogP contribution in [0.5, 0.6) is 0 Å². The summed E-state index contributed by atoms with van der Waals surface area (Å²) in [7, 11) is 0. The fourth-order valence-corrected chi connectivity index (χ4v) is 3.51. The average Bonchev–Trinajstić information content (AvgIpc) is 3.15. The molecule has 0 fully saturated rings. The van der Waals surface area contributed by atoms with Crippen molar-refractivity contribution in [1.29, 1.82) is 0 Å². The van der Waals surface area contributed by atoms with Gasteiger partial charge in [-0.25, -0.2) is 4.98 Å². The van der Waals surface area contributed by atoms with E-state index in [1.54, 1.807) is 29.9 Å². The monoisotopic (exact) mass is 372 g/mol. The Balaban J connectivity index is 1.82. The third-order valence-corrected chi connectivity index (χ3v) is 4.85. The van der Waals surface area contributed by atoms with Gasteiger partial charge in [-0.1, -0.05) is 23.9 Å². The molecule has 0 radical (unpaired) electrons. The molecule has 2 aromatic heterocycles. The van der Waals surface area contributed by atoms with E-state index in [1.807, 2.05) is 24.3 Å². The summed E-state index contributed by atoms with van der Waals surface area (Å²) in [6.45, 7) is 2.50. The molecule has 0 unspecified atom stereocenters. The third-order valence-electron chi connectivity index (χ3n) is 3.78. The second kappa shape index (κ2) is 8.71. The average molecular weight is 372 g/mol. The normalized spacial score (nSPS) is 11.0. The van der Waals surface area contributed by atoms with E-state index < -0.39 is 0 Å². The summed E-state index contributed by atoms with van der Waals surface area (Å²) >= 11 is 1.46. The first kappa shape index (κ1) is 18.3. The molecule has 0 saturated carbocycles. The molecule has 3 aromatic rings. The van der Waals surface area contributed by atoms with Gasteiger partial charge in [-0.05, 0) is 37.6 Å². The zero-order valence-electron chi connectivity index (χ0n) is 14.5. The zero-order chi connectivity index (χ0) is 18.4. The van der Waals surface area contributed by atoms with E-state index >= 15 is 0 Å². The van der Waals surface area contributed by atoms with E-state index in [0.29, 0.717) is 53.6 Å². The highest BCUT2D eigenvalue weighted by molar-refractivity contribution is 7.99. The molecule has 0 N–H and O–H groups in total. The van der Waals surface area contributed by atoms with Gasteiger partial charge in [0, 0.05) is 12.2 Å². The van der Waals surface area contributed by atoms with Gasteiger partial charge >= 0.3 is 5.97 Å². The van der Waals surface area contributed by atoms with Crippen LogP contribution >= 0.6 is 11.8 Å². The number of carbonyl (C=O) groups is 1. The predicted octanol–water partition coefficient (Wildman–Crippen LogP) is 3.47. The molecule has 2 heterocycles. The number of para-hydroxylation sites is 1. The van der Waals surface area contributed by atoms with Crippen molar-refractivity contribution in [2.24, 2.45) is 0 Å². The molecular formula is C19H20N2O4S. The Kier molecular flexibility index (Phi) is 6.12. The number of hydrogen-bond donors (Lipinski definition) is 0. The van der Waals surface area contributed by atoms with Crippen LogP contribution in [0.4, 0.5) is 0 Å². The van der Waals surface area contributed by atoms with Gasteiger partial charge in [0.15, 0.2) is 5.16 Å². The van der Waals surface area contributed by atoms with Crippen molar-refractivity contribution in [3.05, 3.63) is 58.8 Å². The van der Waals surface area contributed by atoms with Gasteiger partial charge in [0.05, 0.1) is 30.3 Å². The minimum absolute atomic E-state index is 0.0973. The third kappa shape index (κ3) is 4.35. The van der Waals surface area contributed by atoms with Gasteiger partial charge in [-0.15, -0.1) is 0 Å². The van der Waals surface area contributed by atoms with E-state index in [9.17, 15) is 9.59 Å². The van der Waals surface area contributed by atoms with Crippen LogP contribution in [-0.2, 0) is 16.1 Å². The second-order valence-electron chi connectivity index (χ2n) is 5.64. The molecule has 26 heavy (non-hydrogen) atoms. The molecule has 0 amide bonds. The van der Waals surface area contributed by atoms with E-state index in [1.165, 1.54) is 11.8 Å². The number of fused-ring (bicyclic) bond motifs is 1. The molecule has 0 aliphatic carbocycles. The molecule has 6 nitrogen and oxygen atoms in total. The van der Waals surface area contributed by atoms with Gasteiger partial charge in [0.1, 0.15) is 5.76 Å². The predicted molar refractivity (Wildman–Crippen MR) is 100 cm³/mol. The molecule has 7 heteroatoms. The van der Waals surface area contributed by atoms with Gasteiger partial charge < -0.3 is 9.15 Å². The molecular weight excluding hydrogens is 352 g/mol. The quantitative estimate of drug-likeness (QED) is 0.261. The highest BCUT2D eigenvalue weighted by atomic mass is 32.2. The number of nitrogens with zero attached hydrogens (tertiary/aromatic N) is 2. The maximum Gasteiger partial charge on any atom is 0.305 e. The molecule has 136 valence electrons. The topological polar surface area (TPSA) is 74.3 Å². The van der Waals surface area contributed by atoms with Crippen molar-refractivity contribution in [2.45, 2.75) is 31.5 Å². The lowest BCUT2D eigenvalue weighted by Crippen LogP contribution is -2.23. The van der Waals surface area contributed by atoms with Crippen molar-refractivity contribution < 1.29 is 13.9 Å². The summed E-state index contributed by atoms with van der Waals surface area (Å²) in [5.41, 5.74) is 0.570. The zero-order valence-corrected chi connectivity index (χ0v) is 15.3. The van der Waals surface area contributed by atoms with Crippen molar-refractivity contribution >= 4 is 28.6 Å². The Morgan fingerprint density at radius 2 is 2.12 bits per heavy atom. The molecule has 0 bridgehead atoms. The Bertz CT molecular complexity index is 934. The van der Waals surface area contributed by atoms with Gasteiger partial charge in [-0.3, -0.25) is 14.2 Å². The number of benzene rings is 1. The molecule has 1 aromatic carbocycles. The Morgan fingerprint density at radius 3 is 2.88 bits per heavy atom. The van der Waals surface area contributed by atoms with Crippen molar-refractivity contribution in [2.75, 3.05) is 12.4 Å². The van der Waals surface area contributed by atoms with Crippen molar-refractivity contribution in [3.8, 4) is 0 Å². The van der Waals surface area contributed by atoms with Gasteiger partial charge in [-0.2, -0.15) is 0 Å². The number of esters is 1. The Hall–Kier alpha value is -2.54. The largest absolute Gasteiger partial charge is 0.467 e. The van der Waals surface area contributed by atoms with Crippen LogP contribution in [0.1, 0.15) is 25.5 Å². The summed E-state index contributed by atoms with van der Waals surface area (Å²) in [4.78, 5) is 29.0. The fraction of sp³-hybridized carbons (Fsp3) is 0.316. The first-order valence-corrected chi connectivity index (χ1v) is 9.48. The maximum atomic E-state index is 12.9. The molecule has 0 atom stereocenters. The highest BCUT2D eigenvalue weighted by Crippen LogP contribution is 2.20. The number of rotatable bonds is 8. The molecule has 0 saturated heterocycles. The fourth-order valence-electron chi connectivity index (χ4n) is 2.57. The van der Waals surface area contributed by atoms with Crippen LogP contribution in [-0.4, -0.2) is 27.9 Å². The van der Waals surface area contributed by atoms with Gasteiger partial charge in [0.2, 0.25) is 0 Å². The minimum Gasteiger partial charge on any atom is -0.467 e. The van der Waals surface area contributed by atoms with Crippen molar-refractivity contribution in [1.82, 2.24) is 9.55 Å². The summed E-state index contributed by atoms with van der Waals surface area (Å²) < 4.78 is 11.9. The number of furan rings is 1. The lowest BCUT2D eigenvalue weighted by molar-refractivity contribution is -0.143. The minimum atomic E-state index is -0.201. The summed E-state index contributed by atoms with van der Waals surface area (Å²) in [5, 5.41) is 1.20. The molecule has 3 rings (SSSR count). The lowest BCUT2D eigenvalue weighted by Gasteiger charge is -2.12. The number of ether oxygens (including phenoxy) is 1. The van der Waals surface area contributed by atoms with E-state index in [2.05, 4.69) is 4.98 Å². The standard InChI is InChI=1S/C19H20N2O4S/c1-2-24-17(22)10-6-12-26-19-20-16-9-4-3-8-15(16)18(23)21(19)13-14-7-5-11-25-14/h3-5,7-9,11H,2,6,10,12-13H2,1H3. The van der Waals surface area contributed by atoms with Crippen LogP contribution in [0, 0.1) is 0 Å². The highest BCUT2D eigenvalue weighted by Gasteiger charge is 2.13. The van der Waals surface area contributed by atoms with Crippen LogP contribution in [0.3, 0.4) is 0 Å². The number of aromatic nitrogens is 2. The molecule has 0 spiro atoms. The summed E-state index contributed by atoms with van der Waals surface area (Å²) in [6.07, 6.45) is 2.60. The number of hydrogen-bond acceptors (Lipinski definition) is 6. The van der Waals surface area contributed by atoms with Crippen LogP contribution in [0.25, 0.3) is 10.9 Å². The molecule has 0 aliphatic rings. The molecule has 0 aliphatic heterocycles. The summed E-state index contributed by atoms with van der Waals surface area (Å²) in [6, 6.07) is 10.9. The second-order valence-corrected chi connectivity index (χ2v) is 6.70. The van der Waals surface area contributed by atoms with Gasteiger partial charge in [0.25, 0.3) is 5.56 Å². The lowest BCUT2D eigenvalue weighted by atomic mass is 10.2. The Morgan fingerprint density at radius 1 is 1.27 bits per heavy atom. The number of thioether (sulfide) groups is 1. The summed E-state index contributed by atoms with van der Waals surface area (Å²) in [5.74, 6) is 1.16. The first-order valence-electron chi connectivity index (χ1n) is 8.49. The van der Waals surface area contributed by atoms with Crippen molar-refractivity contribution in [3.63, 3.8) is 0 Å². The number of carbonyl (C=O) groups excluding carboxylic acids is 1. The Labute approximate surface area is 155 Å². The van der Waals surface area contributed by atoms with Crippen LogP contribution in [0.15, 0.2) is 57.0 Å². The maximum absolute atomic E-state index is 12.9. The smallest absolute Gasteiger partial charge is 0.305 e.